The number of rotatable bonds is 3. The summed E-state index contributed by atoms with van der Waals surface area (Å²) >= 11 is 0. The lowest BCUT2D eigenvalue weighted by Crippen LogP contribution is -2.31. The highest BCUT2D eigenvalue weighted by Crippen LogP contribution is 2.23. The van der Waals surface area contributed by atoms with Gasteiger partial charge in [-0.15, -0.1) is 12.4 Å². The van der Waals surface area contributed by atoms with Crippen LogP contribution in [-0.4, -0.2) is 23.5 Å². The van der Waals surface area contributed by atoms with Gasteiger partial charge in [-0.05, 0) is 19.4 Å². The molecule has 1 saturated heterocycles. The maximum atomic E-state index is 11.9. The standard InChI is InChI=1S/C13H20N2O2.ClH/c1-13(2,3)12-8-9(15-17-12)7-11(16)10-5-4-6-14-10;/h8,10,14H,4-7H2,1-3H3;1H/t10-;/m0./s1. The average Bonchev–Trinajstić information content (AvgIpc) is 2.85. The van der Waals surface area contributed by atoms with Crippen molar-refractivity contribution in [2.75, 3.05) is 6.54 Å². The summed E-state index contributed by atoms with van der Waals surface area (Å²) in [4.78, 5) is 11.9. The molecule has 102 valence electrons. The predicted octanol–water partition coefficient (Wildman–Crippen LogP) is 2.26. The number of nitrogens with zero attached hydrogens (tertiary/aromatic N) is 1. The van der Waals surface area contributed by atoms with Crippen LogP contribution in [0.2, 0.25) is 0 Å². The van der Waals surface area contributed by atoms with Gasteiger partial charge in [-0.1, -0.05) is 25.9 Å². The summed E-state index contributed by atoms with van der Waals surface area (Å²) in [6, 6.07) is 1.91. The fourth-order valence-corrected chi connectivity index (χ4v) is 2.01. The molecule has 1 aliphatic heterocycles. The van der Waals surface area contributed by atoms with Gasteiger partial charge in [0, 0.05) is 11.5 Å². The van der Waals surface area contributed by atoms with Crippen molar-refractivity contribution in [3.8, 4) is 0 Å². The molecule has 1 aromatic rings. The minimum absolute atomic E-state index is 0. The molecule has 2 rings (SSSR count). The Morgan fingerprint density at radius 1 is 1.56 bits per heavy atom. The average molecular weight is 273 g/mol. The molecule has 2 heterocycles. The first-order valence-electron chi connectivity index (χ1n) is 6.19. The van der Waals surface area contributed by atoms with Crippen LogP contribution in [0, 0.1) is 0 Å². The monoisotopic (exact) mass is 272 g/mol. The van der Waals surface area contributed by atoms with E-state index in [2.05, 4.69) is 31.2 Å². The van der Waals surface area contributed by atoms with Crippen LogP contribution >= 0.6 is 12.4 Å². The van der Waals surface area contributed by atoms with Crippen molar-refractivity contribution >= 4 is 18.2 Å². The topological polar surface area (TPSA) is 55.1 Å². The number of carbonyl (C=O) groups excluding carboxylic acids is 1. The first-order valence-corrected chi connectivity index (χ1v) is 6.19. The third kappa shape index (κ3) is 3.56. The molecule has 18 heavy (non-hydrogen) atoms. The zero-order valence-corrected chi connectivity index (χ0v) is 12.0. The number of Topliss-reactive ketones (excluding diaryl/α,β-unsaturated/α-hetero) is 1. The Labute approximate surface area is 114 Å². The summed E-state index contributed by atoms with van der Waals surface area (Å²) in [5, 5.41) is 7.18. The van der Waals surface area contributed by atoms with Crippen molar-refractivity contribution in [2.45, 2.75) is 51.5 Å². The van der Waals surface area contributed by atoms with E-state index in [9.17, 15) is 4.79 Å². The molecule has 5 heteroatoms. The molecule has 0 unspecified atom stereocenters. The summed E-state index contributed by atoms with van der Waals surface area (Å²) in [5.41, 5.74) is 0.688. The Balaban J connectivity index is 0.00000162. The van der Waals surface area contributed by atoms with Crippen LogP contribution in [0.15, 0.2) is 10.6 Å². The summed E-state index contributed by atoms with van der Waals surface area (Å²) in [6.45, 7) is 7.15. The zero-order valence-electron chi connectivity index (χ0n) is 11.2. The number of hydrogen-bond acceptors (Lipinski definition) is 4. The van der Waals surface area contributed by atoms with Crippen molar-refractivity contribution in [1.82, 2.24) is 10.5 Å². The Morgan fingerprint density at radius 2 is 2.28 bits per heavy atom. The molecule has 0 bridgehead atoms. The van der Waals surface area contributed by atoms with Crippen LogP contribution in [0.25, 0.3) is 0 Å². The molecule has 0 radical (unpaired) electrons. The number of halogens is 1. The van der Waals surface area contributed by atoms with Crippen LogP contribution in [0.5, 0.6) is 0 Å². The van der Waals surface area contributed by atoms with Gasteiger partial charge >= 0.3 is 0 Å². The van der Waals surface area contributed by atoms with Gasteiger partial charge in [0.2, 0.25) is 0 Å². The Bertz CT molecular complexity index is 403. The maximum Gasteiger partial charge on any atom is 0.155 e. The SMILES string of the molecule is CC(C)(C)c1cc(CC(=O)[C@@H]2CCCN2)no1.Cl. The van der Waals surface area contributed by atoms with E-state index in [1.165, 1.54) is 0 Å². The number of carbonyl (C=O) groups is 1. The van der Waals surface area contributed by atoms with Crippen LogP contribution in [-0.2, 0) is 16.6 Å². The number of aromatic nitrogens is 1. The van der Waals surface area contributed by atoms with E-state index < -0.39 is 0 Å². The van der Waals surface area contributed by atoms with E-state index in [0.717, 1.165) is 30.8 Å². The Morgan fingerprint density at radius 3 is 2.78 bits per heavy atom. The number of nitrogens with one attached hydrogen (secondary N) is 1. The second kappa shape index (κ2) is 5.85. The largest absolute Gasteiger partial charge is 0.361 e. The molecule has 1 fully saturated rings. The lowest BCUT2D eigenvalue weighted by atomic mass is 9.93. The first kappa shape index (κ1) is 15.2. The Hall–Kier alpha value is -0.870. The molecule has 0 amide bonds. The second-order valence-corrected chi connectivity index (χ2v) is 5.72. The lowest BCUT2D eigenvalue weighted by Gasteiger charge is -2.12. The van der Waals surface area contributed by atoms with Gasteiger partial charge in [-0.2, -0.15) is 0 Å². The summed E-state index contributed by atoms with van der Waals surface area (Å²) < 4.78 is 5.27. The third-order valence-corrected chi connectivity index (χ3v) is 3.10. The van der Waals surface area contributed by atoms with Gasteiger partial charge in [-0.25, -0.2) is 0 Å². The van der Waals surface area contributed by atoms with Crippen molar-refractivity contribution in [1.29, 1.82) is 0 Å². The molecule has 0 saturated carbocycles. The van der Waals surface area contributed by atoms with Gasteiger partial charge in [-0.3, -0.25) is 4.79 Å². The molecule has 1 aromatic heterocycles. The van der Waals surface area contributed by atoms with Crippen molar-refractivity contribution in [2.24, 2.45) is 0 Å². The smallest absolute Gasteiger partial charge is 0.155 e. The highest BCUT2D eigenvalue weighted by molar-refractivity contribution is 5.86. The molecule has 1 atom stereocenters. The minimum atomic E-state index is -0.0556. The van der Waals surface area contributed by atoms with E-state index >= 15 is 0 Å². The normalized spacial score (nSPS) is 19.6. The predicted molar refractivity (Wildman–Crippen MR) is 72.2 cm³/mol. The lowest BCUT2D eigenvalue weighted by molar-refractivity contribution is -0.120. The van der Waals surface area contributed by atoms with Gasteiger partial charge < -0.3 is 9.84 Å². The molecule has 0 aromatic carbocycles. The van der Waals surface area contributed by atoms with Crippen LogP contribution in [0.1, 0.15) is 45.1 Å². The second-order valence-electron chi connectivity index (χ2n) is 5.72. The van der Waals surface area contributed by atoms with E-state index in [-0.39, 0.29) is 29.6 Å². The molecular formula is C13H21ClN2O2. The molecule has 0 aliphatic carbocycles. The van der Waals surface area contributed by atoms with E-state index in [0.29, 0.717) is 6.42 Å². The quantitative estimate of drug-likeness (QED) is 0.917. The van der Waals surface area contributed by atoms with Gasteiger partial charge in [0.15, 0.2) is 5.78 Å². The fraction of sp³-hybridized carbons (Fsp3) is 0.692. The van der Waals surface area contributed by atoms with Crippen LogP contribution in [0.4, 0.5) is 0 Å². The molecule has 1 N–H and O–H groups in total. The van der Waals surface area contributed by atoms with Gasteiger partial charge in [0.1, 0.15) is 5.76 Å². The molecule has 0 spiro atoms. The summed E-state index contributed by atoms with van der Waals surface area (Å²) in [7, 11) is 0. The van der Waals surface area contributed by atoms with E-state index in [1.54, 1.807) is 0 Å². The van der Waals surface area contributed by atoms with Crippen LogP contribution < -0.4 is 5.32 Å². The molecular weight excluding hydrogens is 252 g/mol. The number of ketones is 1. The third-order valence-electron chi connectivity index (χ3n) is 3.10. The fourth-order valence-electron chi connectivity index (χ4n) is 2.01. The van der Waals surface area contributed by atoms with Crippen molar-refractivity contribution < 1.29 is 9.32 Å². The van der Waals surface area contributed by atoms with Crippen molar-refractivity contribution in [3.63, 3.8) is 0 Å². The van der Waals surface area contributed by atoms with Crippen LogP contribution in [0.3, 0.4) is 0 Å². The van der Waals surface area contributed by atoms with E-state index in [4.69, 9.17) is 4.52 Å². The highest BCUT2D eigenvalue weighted by Gasteiger charge is 2.24. The minimum Gasteiger partial charge on any atom is -0.361 e. The van der Waals surface area contributed by atoms with Crippen molar-refractivity contribution in [3.05, 3.63) is 17.5 Å². The van der Waals surface area contributed by atoms with E-state index in [1.807, 2.05) is 6.07 Å². The summed E-state index contributed by atoms with van der Waals surface area (Å²) in [5.74, 6) is 1.05. The van der Waals surface area contributed by atoms with Gasteiger partial charge in [0.25, 0.3) is 0 Å². The highest BCUT2D eigenvalue weighted by atomic mass is 35.5. The maximum absolute atomic E-state index is 11.9. The zero-order chi connectivity index (χ0) is 12.5. The molecule has 1 aliphatic rings. The summed E-state index contributed by atoms with van der Waals surface area (Å²) in [6.07, 6.45) is 2.41. The Kier molecular flexibility index (Phi) is 4.93. The first-order chi connectivity index (χ1) is 7.97. The number of hydrogen-bond donors (Lipinski definition) is 1. The molecule has 4 nitrogen and oxygen atoms in total. The van der Waals surface area contributed by atoms with Gasteiger partial charge in [0.05, 0.1) is 18.2 Å².